The van der Waals surface area contributed by atoms with Crippen LogP contribution in [-0.4, -0.2) is 13.0 Å². The van der Waals surface area contributed by atoms with Gasteiger partial charge in [-0.05, 0) is 59.0 Å². The average Bonchev–Trinajstić information content (AvgIpc) is 2.46. The third kappa shape index (κ3) is 3.90. The Balaban J connectivity index is 2.20. The van der Waals surface area contributed by atoms with Crippen LogP contribution >= 0.6 is 22.6 Å². The van der Waals surface area contributed by atoms with Crippen LogP contribution in [0.3, 0.4) is 0 Å². The maximum absolute atomic E-state index is 12.6. The molecule has 0 aliphatic carbocycles. The Morgan fingerprint density at radius 2 is 1.91 bits per heavy atom. The van der Waals surface area contributed by atoms with Gasteiger partial charge in [0.1, 0.15) is 5.75 Å². The van der Waals surface area contributed by atoms with E-state index in [0.717, 1.165) is 15.7 Å². The Morgan fingerprint density at radius 3 is 2.50 bits per heavy atom. The van der Waals surface area contributed by atoms with Crippen molar-refractivity contribution in [1.29, 1.82) is 0 Å². The first kappa shape index (κ1) is 16.6. The van der Waals surface area contributed by atoms with Crippen molar-refractivity contribution in [2.24, 2.45) is 0 Å². The molecular weight excluding hydrogens is 410 g/mol. The lowest BCUT2D eigenvalue weighted by atomic mass is 10.1. The summed E-state index contributed by atoms with van der Waals surface area (Å²) < 4.78 is 43.7. The van der Waals surface area contributed by atoms with Gasteiger partial charge in [0, 0.05) is 11.3 Å². The molecular formula is C15H11F3INO2. The number of halogens is 4. The predicted molar refractivity (Wildman–Crippen MR) is 85.1 cm³/mol. The standard InChI is InChI=1S/C15H11F3INO2/c1-22-13-6-5-9(7-12(13)19)14(21)20-11-4-2-3-10(8-11)15(16,17)18/h2-8H,1H3,(H,20,21). The Kier molecular flexibility index (Phi) is 4.94. The molecule has 0 fully saturated rings. The van der Waals surface area contributed by atoms with Gasteiger partial charge in [-0.1, -0.05) is 6.07 Å². The van der Waals surface area contributed by atoms with Crippen LogP contribution in [0.1, 0.15) is 15.9 Å². The van der Waals surface area contributed by atoms with Gasteiger partial charge >= 0.3 is 6.18 Å². The van der Waals surface area contributed by atoms with Crippen LogP contribution in [0.4, 0.5) is 18.9 Å². The van der Waals surface area contributed by atoms with Gasteiger partial charge in [-0.25, -0.2) is 0 Å². The van der Waals surface area contributed by atoms with Gasteiger partial charge in [0.2, 0.25) is 0 Å². The van der Waals surface area contributed by atoms with E-state index in [1.54, 1.807) is 18.2 Å². The summed E-state index contributed by atoms with van der Waals surface area (Å²) in [6, 6.07) is 9.27. The van der Waals surface area contributed by atoms with Crippen LogP contribution in [0.25, 0.3) is 0 Å². The van der Waals surface area contributed by atoms with Gasteiger partial charge in [0.05, 0.1) is 16.2 Å². The van der Waals surface area contributed by atoms with Crippen LogP contribution in [0.5, 0.6) is 5.75 Å². The summed E-state index contributed by atoms with van der Waals surface area (Å²) in [4.78, 5) is 12.1. The van der Waals surface area contributed by atoms with Crippen molar-refractivity contribution in [2.45, 2.75) is 6.18 Å². The number of hydrogen-bond donors (Lipinski definition) is 1. The lowest BCUT2D eigenvalue weighted by Crippen LogP contribution is -2.13. The minimum atomic E-state index is -4.45. The minimum Gasteiger partial charge on any atom is -0.496 e. The lowest BCUT2D eigenvalue weighted by molar-refractivity contribution is -0.137. The first-order valence-corrected chi connectivity index (χ1v) is 7.21. The molecule has 7 heteroatoms. The number of carbonyl (C=O) groups excluding carboxylic acids is 1. The average molecular weight is 421 g/mol. The molecule has 1 N–H and O–H groups in total. The molecule has 1 amide bonds. The largest absolute Gasteiger partial charge is 0.496 e. The van der Waals surface area contributed by atoms with Crippen LogP contribution in [0.2, 0.25) is 0 Å². The second kappa shape index (κ2) is 6.55. The minimum absolute atomic E-state index is 0.0886. The Labute approximate surface area is 138 Å². The van der Waals surface area contributed by atoms with Crippen molar-refractivity contribution in [1.82, 2.24) is 0 Å². The van der Waals surface area contributed by atoms with E-state index in [-0.39, 0.29) is 5.69 Å². The SMILES string of the molecule is COc1ccc(C(=O)Nc2cccc(C(F)(F)F)c2)cc1I. The fraction of sp³-hybridized carbons (Fsp3) is 0.133. The molecule has 0 saturated heterocycles. The number of carbonyl (C=O) groups is 1. The van der Waals surface area contributed by atoms with Crippen molar-refractivity contribution < 1.29 is 22.7 Å². The molecule has 0 aliphatic heterocycles. The number of benzene rings is 2. The van der Waals surface area contributed by atoms with Gasteiger partial charge in [0.25, 0.3) is 5.91 Å². The van der Waals surface area contributed by atoms with Gasteiger partial charge in [-0.2, -0.15) is 13.2 Å². The summed E-state index contributed by atoms with van der Waals surface area (Å²) in [7, 11) is 1.51. The van der Waals surface area contributed by atoms with Crippen LogP contribution < -0.4 is 10.1 Å². The molecule has 2 rings (SSSR count). The van der Waals surface area contributed by atoms with Crippen molar-refractivity contribution >= 4 is 34.2 Å². The third-order valence-electron chi connectivity index (χ3n) is 2.86. The second-order valence-corrected chi connectivity index (χ2v) is 5.54. The maximum Gasteiger partial charge on any atom is 0.416 e. The zero-order valence-corrected chi connectivity index (χ0v) is 13.5. The zero-order chi connectivity index (χ0) is 16.3. The normalized spacial score (nSPS) is 11.1. The van der Waals surface area contributed by atoms with Crippen LogP contribution in [0, 0.1) is 3.57 Å². The summed E-state index contributed by atoms with van der Waals surface area (Å²) in [6.45, 7) is 0. The van der Waals surface area contributed by atoms with E-state index < -0.39 is 17.6 Å². The van der Waals surface area contributed by atoms with Gasteiger partial charge < -0.3 is 10.1 Å². The Hall–Kier alpha value is -1.77. The number of amides is 1. The van der Waals surface area contributed by atoms with Crippen LogP contribution in [0.15, 0.2) is 42.5 Å². The number of methoxy groups -OCH3 is 1. The first-order chi connectivity index (χ1) is 10.3. The molecule has 0 heterocycles. The second-order valence-electron chi connectivity index (χ2n) is 4.38. The smallest absolute Gasteiger partial charge is 0.416 e. The molecule has 0 atom stereocenters. The molecule has 0 spiro atoms. The quantitative estimate of drug-likeness (QED) is 0.738. The number of hydrogen-bond acceptors (Lipinski definition) is 2. The summed E-state index contributed by atoms with van der Waals surface area (Å²) in [6.07, 6.45) is -4.45. The zero-order valence-electron chi connectivity index (χ0n) is 11.4. The summed E-state index contributed by atoms with van der Waals surface area (Å²) >= 11 is 2.01. The van der Waals surface area contributed by atoms with E-state index in [1.165, 1.54) is 19.2 Å². The van der Waals surface area contributed by atoms with Crippen molar-refractivity contribution in [3.05, 3.63) is 57.2 Å². The summed E-state index contributed by atoms with van der Waals surface area (Å²) in [5.41, 5.74) is -0.386. The molecule has 2 aromatic carbocycles. The predicted octanol–water partition coefficient (Wildman–Crippen LogP) is 4.57. The molecule has 0 saturated carbocycles. The molecule has 3 nitrogen and oxygen atoms in total. The molecule has 2 aromatic rings. The monoisotopic (exact) mass is 421 g/mol. The van der Waals surface area contributed by atoms with Crippen molar-refractivity contribution in [2.75, 3.05) is 12.4 Å². The molecule has 116 valence electrons. The summed E-state index contributed by atoms with van der Waals surface area (Å²) in [5.74, 6) is 0.135. The lowest BCUT2D eigenvalue weighted by Gasteiger charge is -2.10. The summed E-state index contributed by atoms with van der Waals surface area (Å²) in [5, 5.41) is 2.45. The third-order valence-corrected chi connectivity index (χ3v) is 3.70. The fourth-order valence-electron chi connectivity index (χ4n) is 1.78. The van der Waals surface area contributed by atoms with E-state index in [9.17, 15) is 18.0 Å². The fourth-order valence-corrected chi connectivity index (χ4v) is 2.52. The number of anilines is 1. The topological polar surface area (TPSA) is 38.3 Å². The van der Waals surface area contributed by atoms with E-state index in [1.807, 2.05) is 22.6 Å². The number of rotatable bonds is 3. The molecule has 0 aliphatic rings. The highest BCUT2D eigenvalue weighted by Crippen LogP contribution is 2.30. The van der Waals surface area contributed by atoms with Crippen molar-refractivity contribution in [3.63, 3.8) is 0 Å². The number of ether oxygens (including phenoxy) is 1. The Morgan fingerprint density at radius 1 is 1.18 bits per heavy atom. The molecule has 22 heavy (non-hydrogen) atoms. The van der Waals surface area contributed by atoms with Gasteiger partial charge in [-0.3, -0.25) is 4.79 Å². The maximum atomic E-state index is 12.6. The molecule has 0 unspecified atom stereocenters. The highest BCUT2D eigenvalue weighted by atomic mass is 127. The van der Waals surface area contributed by atoms with Gasteiger partial charge in [-0.15, -0.1) is 0 Å². The Bertz CT molecular complexity index is 701. The van der Waals surface area contributed by atoms with E-state index in [0.29, 0.717) is 11.3 Å². The molecule has 0 aromatic heterocycles. The van der Waals surface area contributed by atoms with E-state index in [2.05, 4.69) is 5.32 Å². The highest BCUT2D eigenvalue weighted by molar-refractivity contribution is 14.1. The van der Waals surface area contributed by atoms with Gasteiger partial charge in [0.15, 0.2) is 0 Å². The van der Waals surface area contributed by atoms with E-state index >= 15 is 0 Å². The molecule has 0 bridgehead atoms. The molecule has 0 radical (unpaired) electrons. The van der Waals surface area contributed by atoms with Crippen LogP contribution in [-0.2, 0) is 6.18 Å². The van der Waals surface area contributed by atoms with Crippen molar-refractivity contribution in [3.8, 4) is 5.75 Å². The number of nitrogens with one attached hydrogen (secondary N) is 1. The first-order valence-electron chi connectivity index (χ1n) is 6.13. The number of alkyl halides is 3. The highest BCUT2D eigenvalue weighted by Gasteiger charge is 2.30. The van der Waals surface area contributed by atoms with E-state index in [4.69, 9.17) is 4.74 Å².